The number of benzene rings is 2. The van der Waals surface area contributed by atoms with E-state index in [2.05, 4.69) is 30.2 Å². The first-order valence-corrected chi connectivity index (χ1v) is 11.5. The van der Waals surface area contributed by atoms with Crippen molar-refractivity contribution in [3.63, 3.8) is 0 Å². The quantitative estimate of drug-likeness (QED) is 0.500. The molecule has 6 heteroatoms. The molecule has 2 heterocycles. The molecule has 1 aromatic heterocycles. The smallest absolute Gasteiger partial charge is 0.258 e. The Morgan fingerprint density at radius 3 is 2.66 bits per heavy atom. The first-order chi connectivity index (χ1) is 15.6. The van der Waals surface area contributed by atoms with Gasteiger partial charge in [0, 0.05) is 18.0 Å². The van der Waals surface area contributed by atoms with Crippen molar-refractivity contribution in [2.24, 2.45) is 0 Å². The van der Waals surface area contributed by atoms with Crippen LogP contribution in [0.2, 0.25) is 0 Å². The van der Waals surface area contributed by atoms with Gasteiger partial charge in [0.25, 0.3) is 5.91 Å². The summed E-state index contributed by atoms with van der Waals surface area (Å²) < 4.78 is 5.35. The fourth-order valence-corrected chi connectivity index (χ4v) is 5.10. The maximum Gasteiger partial charge on any atom is 0.258 e. The number of carbonyl (C=O) groups excluding carboxylic acids is 2. The van der Waals surface area contributed by atoms with Crippen LogP contribution < -0.4 is 4.74 Å². The normalized spacial score (nSPS) is 15.0. The van der Waals surface area contributed by atoms with E-state index in [4.69, 9.17) is 4.74 Å². The fourth-order valence-electron chi connectivity index (χ4n) is 4.20. The van der Waals surface area contributed by atoms with E-state index < -0.39 is 0 Å². The number of methoxy groups -OCH3 is 1. The Labute approximate surface area is 192 Å². The zero-order chi connectivity index (χ0) is 22.5. The molecule has 0 spiro atoms. The van der Waals surface area contributed by atoms with Crippen LogP contribution in [-0.2, 0) is 11.2 Å². The molecule has 32 heavy (non-hydrogen) atoms. The number of rotatable bonds is 7. The number of thiophene rings is 1. The minimum atomic E-state index is -0.250. The van der Waals surface area contributed by atoms with Crippen LogP contribution in [0.1, 0.15) is 32.4 Å². The molecule has 0 N–H and O–H groups in total. The molecule has 1 aliphatic rings. The van der Waals surface area contributed by atoms with Crippen molar-refractivity contribution in [3.8, 4) is 5.75 Å². The van der Waals surface area contributed by atoms with Gasteiger partial charge >= 0.3 is 0 Å². The van der Waals surface area contributed by atoms with E-state index in [1.165, 1.54) is 22.5 Å². The number of para-hydroxylation sites is 1. The van der Waals surface area contributed by atoms with Gasteiger partial charge in [-0.2, -0.15) is 0 Å². The third kappa shape index (κ3) is 4.32. The molecule has 3 aromatic rings. The minimum Gasteiger partial charge on any atom is -0.496 e. The van der Waals surface area contributed by atoms with Crippen LogP contribution in [0.5, 0.6) is 5.75 Å². The molecule has 4 rings (SSSR count). The van der Waals surface area contributed by atoms with Crippen molar-refractivity contribution in [1.82, 2.24) is 9.80 Å². The molecule has 1 aliphatic heterocycles. The highest BCUT2D eigenvalue weighted by molar-refractivity contribution is 7.10. The van der Waals surface area contributed by atoms with Crippen LogP contribution in [0.25, 0.3) is 0 Å². The summed E-state index contributed by atoms with van der Waals surface area (Å²) in [5.74, 6) is 0.156. The first kappa shape index (κ1) is 21.8. The summed E-state index contributed by atoms with van der Waals surface area (Å²) in [6.07, 6.45) is 2.46. The van der Waals surface area contributed by atoms with Crippen LogP contribution in [0.3, 0.4) is 0 Å². The fraction of sp³-hybridized carbons (Fsp3) is 0.231. The van der Waals surface area contributed by atoms with Gasteiger partial charge in [-0.3, -0.25) is 9.59 Å². The lowest BCUT2D eigenvalue weighted by atomic mass is 9.93. The van der Waals surface area contributed by atoms with E-state index in [9.17, 15) is 9.59 Å². The summed E-state index contributed by atoms with van der Waals surface area (Å²) >= 11 is 1.74. The largest absolute Gasteiger partial charge is 0.496 e. The molecular weight excluding hydrogens is 420 g/mol. The summed E-state index contributed by atoms with van der Waals surface area (Å²) in [5.41, 5.74) is 2.68. The van der Waals surface area contributed by atoms with Gasteiger partial charge in [-0.15, -0.1) is 17.9 Å². The van der Waals surface area contributed by atoms with E-state index in [-0.39, 0.29) is 30.9 Å². The molecule has 2 aromatic carbocycles. The van der Waals surface area contributed by atoms with Crippen molar-refractivity contribution in [3.05, 3.63) is 100 Å². The summed E-state index contributed by atoms with van der Waals surface area (Å²) in [4.78, 5) is 31.6. The van der Waals surface area contributed by atoms with Gasteiger partial charge in [0.2, 0.25) is 5.91 Å². The standard InChI is InChI=1S/C26H26N2O3S/c1-3-15-27(26(30)20-11-7-8-12-22(20)31-2)18-24(29)28-16-13-23-21(14-17-32-23)25(28)19-9-5-4-6-10-19/h3-12,14,17,25H,1,13,15-16,18H2,2H3. The monoisotopic (exact) mass is 446 g/mol. The molecule has 0 saturated heterocycles. The SMILES string of the molecule is C=CCN(CC(=O)N1CCc2sccc2C1c1ccccc1)C(=O)c1ccccc1OC. The van der Waals surface area contributed by atoms with E-state index >= 15 is 0 Å². The average Bonchev–Trinajstić information content (AvgIpc) is 3.32. The highest BCUT2D eigenvalue weighted by atomic mass is 32.1. The lowest BCUT2D eigenvalue weighted by Gasteiger charge is -2.37. The third-order valence-electron chi connectivity index (χ3n) is 5.70. The summed E-state index contributed by atoms with van der Waals surface area (Å²) in [5, 5.41) is 2.09. The Hall–Kier alpha value is -3.38. The summed E-state index contributed by atoms with van der Waals surface area (Å²) in [6, 6.07) is 19.1. The van der Waals surface area contributed by atoms with Crippen molar-refractivity contribution < 1.29 is 14.3 Å². The number of ether oxygens (including phenoxy) is 1. The van der Waals surface area contributed by atoms with Gasteiger partial charge in [0.15, 0.2) is 0 Å². The average molecular weight is 447 g/mol. The molecule has 0 aliphatic carbocycles. The van der Waals surface area contributed by atoms with E-state index in [1.807, 2.05) is 29.2 Å². The highest BCUT2D eigenvalue weighted by Gasteiger charge is 2.34. The Kier molecular flexibility index (Phi) is 6.71. The predicted octanol–water partition coefficient (Wildman–Crippen LogP) is 4.56. The molecule has 0 bridgehead atoms. The molecule has 0 radical (unpaired) electrons. The van der Waals surface area contributed by atoms with Crippen LogP contribution >= 0.6 is 11.3 Å². The van der Waals surface area contributed by atoms with E-state index in [0.717, 1.165) is 12.0 Å². The molecule has 0 fully saturated rings. The second-order valence-corrected chi connectivity index (χ2v) is 8.62. The van der Waals surface area contributed by atoms with Crippen molar-refractivity contribution >= 4 is 23.2 Å². The van der Waals surface area contributed by atoms with Crippen LogP contribution in [0, 0.1) is 0 Å². The van der Waals surface area contributed by atoms with Crippen molar-refractivity contribution in [2.45, 2.75) is 12.5 Å². The zero-order valence-corrected chi connectivity index (χ0v) is 18.9. The zero-order valence-electron chi connectivity index (χ0n) is 18.1. The number of hydrogen-bond donors (Lipinski definition) is 0. The lowest BCUT2D eigenvalue weighted by Crippen LogP contribution is -2.46. The second kappa shape index (κ2) is 9.83. The summed E-state index contributed by atoms with van der Waals surface area (Å²) in [6.45, 7) is 4.65. The van der Waals surface area contributed by atoms with Gasteiger partial charge in [0.1, 0.15) is 12.3 Å². The lowest BCUT2D eigenvalue weighted by molar-refractivity contribution is -0.133. The highest BCUT2D eigenvalue weighted by Crippen LogP contribution is 2.37. The second-order valence-electron chi connectivity index (χ2n) is 7.62. The van der Waals surface area contributed by atoms with Gasteiger partial charge in [0.05, 0.1) is 18.7 Å². The summed E-state index contributed by atoms with van der Waals surface area (Å²) in [7, 11) is 1.53. The first-order valence-electron chi connectivity index (χ1n) is 10.6. The van der Waals surface area contributed by atoms with Crippen LogP contribution in [0.4, 0.5) is 0 Å². The third-order valence-corrected chi connectivity index (χ3v) is 6.70. The topological polar surface area (TPSA) is 49.9 Å². The molecule has 0 saturated carbocycles. The van der Waals surface area contributed by atoms with Gasteiger partial charge in [-0.05, 0) is 41.1 Å². The molecule has 5 nitrogen and oxygen atoms in total. The van der Waals surface area contributed by atoms with Crippen molar-refractivity contribution in [1.29, 1.82) is 0 Å². The molecule has 1 unspecified atom stereocenters. The number of hydrogen-bond acceptors (Lipinski definition) is 4. The van der Waals surface area contributed by atoms with E-state index in [1.54, 1.807) is 35.6 Å². The maximum absolute atomic E-state index is 13.6. The van der Waals surface area contributed by atoms with Gasteiger partial charge < -0.3 is 14.5 Å². The Morgan fingerprint density at radius 2 is 1.91 bits per heavy atom. The van der Waals surface area contributed by atoms with Gasteiger partial charge in [-0.1, -0.05) is 48.5 Å². The molecule has 2 amide bonds. The van der Waals surface area contributed by atoms with Crippen LogP contribution in [0.15, 0.2) is 78.7 Å². The molecule has 1 atom stereocenters. The predicted molar refractivity (Wildman–Crippen MR) is 127 cm³/mol. The Morgan fingerprint density at radius 1 is 1.16 bits per heavy atom. The van der Waals surface area contributed by atoms with Crippen molar-refractivity contribution in [2.75, 3.05) is 26.7 Å². The number of amides is 2. The number of carbonyl (C=O) groups is 2. The number of nitrogens with zero attached hydrogens (tertiary/aromatic N) is 2. The maximum atomic E-state index is 13.6. The Bertz CT molecular complexity index is 1110. The van der Waals surface area contributed by atoms with E-state index in [0.29, 0.717) is 17.9 Å². The molecular formula is C26H26N2O3S. The van der Waals surface area contributed by atoms with Crippen LogP contribution in [-0.4, -0.2) is 48.4 Å². The number of fused-ring (bicyclic) bond motifs is 1. The van der Waals surface area contributed by atoms with Gasteiger partial charge in [-0.25, -0.2) is 0 Å². The minimum absolute atomic E-state index is 0.0221. The molecule has 164 valence electrons. The Balaban J connectivity index is 1.62.